The Bertz CT molecular complexity index is 310. The van der Waals surface area contributed by atoms with E-state index in [1.165, 1.54) is 31.5 Å². The van der Waals surface area contributed by atoms with Gasteiger partial charge in [-0.2, -0.15) is 0 Å². The summed E-state index contributed by atoms with van der Waals surface area (Å²) < 4.78 is 0. The molecule has 0 aromatic heterocycles. The van der Waals surface area contributed by atoms with Gasteiger partial charge in [0.15, 0.2) is 0 Å². The molecule has 17 heavy (non-hydrogen) atoms. The van der Waals surface area contributed by atoms with Gasteiger partial charge in [0.05, 0.1) is 0 Å². The van der Waals surface area contributed by atoms with E-state index >= 15 is 0 Å². The minimum absolute atomic E-state index is 0.523. The summed E-state index contributed by atoms with van der Waals surface area (Å²) in [5.41, 5.74) is 1.28. The van der Waals surface area contributed by atoms with Gasteiger partial charge in [-0.05, 0) is 38.4 Å². The van der Waals surface area contributed by atoms with Crippen molar-refractivity contribution < 1.29 is 0 Å². The van der Waals surface area contributed by atoms with Crippen LogP contribution in [0.1, 0.15) is 39.2 Å². The van der Waals surface area contributed by atoms with Crippen molar-refractivity contribution in [2.24, 2.45) is 0 Å². The highest BCUT2D eigenvalue weighted by molar-refractivity contribution is 5.49. The Morgan fingerprint density at radius 3 is 2.18 bits per heavy atom. The fourth-order valence-electron chi connectivity index (χ4n) is 2.03. The fraction of sp³-hybridized carbons (Fsp3) is 0.500. The molecule has 1 aromatic carbocycles. The molecule has 94 valence electrons. The molecule has 1 aromatic rings. The second-order valence-corrected chi connectivity index (χ2v) is 4.55. The van der Waals surface area contributed by atoms with Gasteiger partial charge in [-0.15, -0.1) is 0 Å². The van der Waals surface area contributed by atoms with Crippen molar-refractivity contribution in [3.05, 3.63) is 42.0 Å². The molecular weight excluding hydrogens is 206 g/mol. The normalized spacial score (nSPS) is 13.4. The largest absolute Gasteiger partial charge is 0.297 e. The SMILES string of the molecule is CCCN(CCC)C(C)/C=C/c1ccccc1. The Balaban J connectivity index is 2.56. The van der Waals surface area contributed by atoms with E-state index < -0.39 is 0 Å². The van der Waals surface area contributed by atoms with Gasteiger partial charge in [-0.3, -0.25) is 4.90 Å². The minimum atomic E-state index is 0.523. The predicted molar refractivity (Wildman–Crippen MR) is 77.1 cm³/mol. The van der Waals surface area contributed by atoms with Gasteiger partial charge in [0, 0.05) is 6.04 Å². The van der Waals surface area contributed by atoms with E-state index in [0.717, 1.165) is 0 Å². The van der Waals surface area contributed by atoms with Crippen LogP contribution in [0.3, 0.4) is 0 Å². The van der Waals surface area contributed by atoms with E-state index in [-0.39, 0.29) is 0 Å². The average Bonchev–Trinajstić information content (AvgIpc) is 2.37. The van der Waals surface area contributed by atoms with Crippen molar-refractivity contribution in [2.75, 3.05) is 13.1 Å². The third-order valence-corrected chi connectivity index (χ3v) is 2.96. The molecule has 0 aliphatic heterocycles. The zero-order valence-corrected chi connectivity index (χ0v) is 11.4. The summed E-state index contributed by atoms with van der Waals surface area (Å²) in [6.45, 7) is 9.15. The van der Waals surface area contributed by atoms with E-state index in [1.54, 1.807) is 0 Å². The van der Waals surface area contributed by atoms with Crippen molar-refractivity contribution in [1.82, 2.24) is 4.90 Å². The van der Waals surface area contributed by atoms with Crippen molar-refractivity contribution >= 4 is 6.08 Å². The van der Waals surface area contributed by atoms with Crippen LogP contribution in [-0.4, -0.2) is 24.0 Å². The first-order chi connectivity index (χ1) is 8.27. The van der Waals surface area contributed by atoms with Gasteiger partial charge in [0.25, 0.3) is 0 Å². The fourth-order valence-corrected chi connectivity index (χ4v) is 2.03. The number of hydrogen-bond acceptors (Lipinski definition) is 1. The van der Waals surface area contributed by atoms with Crippen LogP contribution in [0.15, 0.2) is 36.4 Å². The van der Waals surface area contributed by atoms with Crippen LogP contribution in [0.25, 0.3) is 6.08 Å². The van der Waals surface area contributed by atoms with Gasteiger partial charge >= 0.3 is 0 Å². The van der Waals surface area contributed by atoms with Crippen molar-refractivity contribution in [3.8, 4) is 0 Å². The highest BCUT2D eigenvalue weighted by atomic mass is 15.1. The zero-order chi connectivity index (χ0) is 12.5. The molecule has 0 bridgehead atoms. The molecule has 1 unspecified atom stereocenters. The summed E-state index contributed by atoms with van der Waals surface area (Å²) in [5, 5.41) is 0. The molecule has 0 spiro atoms. The Morgan fingerprint density at radius 1 is 1.06 bits per heavy atom. The van der Waals surface area contributed by atoms with E-state index in [1.807, 2.05) is 0 Å². The maximum absolute atomic E-state index is 2.54. The molecule has 0 fully saturated rings. The van der Waals surface area contributed by atoms with E-state index in [9.17, 15) is 0 Å². The Hall–Kier alpha value is -1.08. The topological polar surface area (TPSA) is 3.24 Å². The maximum atomic E-state index is 2.54. The lowest BCUT2D eigenvalue weighted by atomic mass is 10.1. The monoisotopic (exact) mass is 231 g/mol. The van der Waals surface area contributed by atoms with E-state index in [0.29, 0.717) is 6.04 Å². The molecule has 0 saturated carbocycles. The number of benzene rings is 1. The van der Waals surface area contributed by atoms with Crippen LogP contribution in [0.5, 0.6) is 0 Å². The lowest BCUT2D eigenvalue weighted by Crippen LogP contribution is -2.33. The summed E-state index contributed by atoms with van der Waals surface area (Å²) in [4.78, 5) is 2.54. The summed E-state index contributed by atoms with van der Waals surface area (Å²) >= 11 is 0. The lowest BCUT2D eigenvalue weighted by molar-refractivity contribution is 0.242. The minimum Gasteiger partial charge on any atom is -0.297 e. The second kappa shape index (κ2) is 8.08. The quantitative estimate of drug-likeness (QED) is 0.679. The molecule has 1 heteroatoms. The van der Waals surface area contributed by atoms with Crippen LogP contribution in [0, 0.1) is 0 Å². The predicted octanol–water partition coefficient (Wildman–Crippen LogP) is 4.21. The van der Waals surface area contributed by atoms with Crippen molar-refractivity contribution in [2.45, 2.75) is 39.7 Å². The molecule has 0 heterocycles. The van der Waals surface area contributed by atoms with Gasteiger partial charge < -0.3 is 0 Å². The van der Waals surface area contributed by atoms with Crippen LogP contribution in [0.4, 0.5) is 0 Å². The molecule has 1 nitrogen and oxygen atoms in total. The van der Waals surface area contributed by atoms with Gasteiger partial charge in [0.2, 0.25) is 0 Å². The maximum Gasteiger partial charge on any atom is 0.0253 e. The molecule has 1 rings (SSSR count). The van der Waals surface area contributed by atoms with Crippen LogP contribution >= 0.6 is 0 Å². The third kappa shape index (κ3) is 5.18. The molecule has 1 atom stereocenters. The van der Waals surface area contributed by atoms with Gasteiger partial charge in [-0.1, -0.05) is 56.3 Å². The van der Waals surface area contributed by atoms with Crippen molar-refractivity contribution in [3.63, 3.8) is 0 Å². The summed E-state index contributed by atoms with van der Waals surface area (Å²) in [7, 11) is 0. The zero-order valence-electron chi connectivity index (χ0n) is 11.4. The Kier molecular flexibility index (Phi) is 6.64. The van der Waals surface area contributed by atoms with E-state index in [4.69, 9.17) is 0 Å². The highest BCUT2D eigenvalue weighted by Crippen LogP contribution is 2.07. The van der Waals surface area contributed by atoms with Crippen LogP contribution in [-0.2, 0) is 0 Å². The summed E-state index contributed by atoms with van der Waals surface area (Å²) in [5.74, 6) is 0. The molecule has 0 saturated heterocycles. The number of hydrogen-bond donors (Lipinski definition) is 0. The van der Waals surface area contributed by atoms with E-state index in [2.05, 4.69) is 68.2 Å². The van der Waals surface area contributed by atoms with Crippen LogP contribution < -0.4 is 0 Å². The summed E-state index contributed by atoms with van der Waals surface area (Å²) in [6.07, 6.45) is 6.98. The highest BCUT2D eigenvalue weighted by Gasteiger charge is 2.08. The third-order valence-electron chi connectivity index (χ3n) is 2.96. The molecule has 0 radical (unpaired) electrons. The molecular formula is C16H25N. The molecule has 0 N–H and O–H groups in total. The standard InChI is InChI=1S/C16H25N/c1-4-13-17(14-5-2)15(3)11-12-16-9-7-6-8-10-16/h6-12,15H,4-5,13-14H2,1-3H3/b12-11+. The molecule has 0 amide bonds. The van der Waals surface area contributed by atoms with Crippen molar-refractivity contribution in [1.29, 1.82) is 0 Å². The first-order valence-corrected chi connectivity index (χ1v) is 6.75. The first kappa shape index (κ1) is 14.0. The lowest BCUT2D eigenvalue weighted by Gasteiger charge is -2.26. The number of rotatable bonds is 7. The Morgan fingerprint density at radius 2 is 1.65 bits per heavy atom. The van der Waals surface area contributed by atoms with Crippen LogP contribution in [0.2, 0.25) is 0 Å². The van der Waals surface area contributed by atoms with Gasteiger partial charge in [0.1, 0.15) is 0 Å². The summed E-state index contributed by atoms with van der Waals surface area (Å²) in [6, 6.07) is 11.0. The average molecular weight is 231 g/mol. The van der Waals surface area contributed by atoms with Gasteiger partial charge in [-0.25, -0.2) is 0 Å². The number of nitrogens with zero attached hydrogens (tertiary/aromatic N) is 1. The second-order valence-electron chi connectivity index (χ2n) is 4.55. The molecule has 0 aliphatic carbocycles. The molecule has 0 aliphatic rings. The smallest absolute Gasteiger partial charge is 0.0253 e. The first-order valence-electron chi connectivity index (χ1n) is 6.75. The Labute approximate surface area is 106 Å².